The molecule has 172 valence electrons. The van der Waals surface area contributed by atoms with E-state index in [1.807, 2.05) is 26.0 Å². The third kappa shape index (κ3) is 4.63. The van der Waals surface area contributed by atoms with Gasteiger partial charge in [-0.2, -0.15) is 0 Å². The average Bonchev–Trinajstić information content (AvgIpc) is 2.73. The zero-order valence-electron chi connectivity index (χ0n) is 18.3. The summed E-state index contributed by atoms with van der Waals surface area (Å²) in [5, 5.41) is 11.8. The van der Waals surface area contributed by atoms with E-state index in [0.717, 1.165) is 16.7 Å². The summed E-state index contributed by atoms with van der Waals surface area (Å²) in [6.45, 7) is 5.59. The second kappa shape index (κ2) is 9.11. The Kier molecular flexibility index (Phi) is 6.24. The van der Waals surface area contributed by atoms with Crippen molar-refractivity contribution in [2.45, 2.75) is 26.8 Å². The average molecular weight is 454 g/mol. The molecule has 1 aliphatic rings. The van der Waals surface area contributed by atoms with E-state index in [-0.39, 0.29) is 23.0 Å². The van der Waals surface area contributed by atoms with Gasteiger partial charge in [-0.05, 0) is 48.7 Å². The zero-order chi connectivity index (χ0) is 23.7. The Bertz CT molecular complexity index is 1230. The molecule has 7 nitrogen and oxygen atoms in total. The van der Waals surface area contributed by atoms with Crippen LogP contribution in [0.25, 0.3) is 5.69 Å². The van der Waals surface area contributed by atoms with Crippen LogP contribution in [0.1, 0.15) is 28.7 Å². The minimum atomic E-state index is -2.69. The van der Waals surface area contributed by atoms with Gasteiger partial charge in [0.2, 0.25) is 0 Å². The van der Waals surface area contributed by atoms with Crippen LogP contribution in [0, 0.1) is 19.8 Å². The fourth-order valence-electron chi connectivity index (χ4n) is 4.07. The second-order valence-corrected chi connectivity index (χ2v) is 8.25. The van der Waals surface area contributed by atoms with Gasteiger partial charge >= 0.3 is 5.97 Å². The highest BCUT2D eigenvalue weighted by Gasteiger charge is 2.32. The Morgan fingerprint density at radius 2 is 1.88 bits per heavy atom. The molecular weight excluding hydrogens is 430 g/mol. The van der Waals surface area contributed by atoms with Crippen molar-refractivity contribution in [1.82, 2.24) is 14.5 Å². The molecule has 2 aromatic carbocycles. The van der Waals surface area contributed by atoms with Crippen molar-refractivity contribution in [3.63, 3.8) is 0 Å². The summed E-state index contributed by atoms with van der Waals surface area (Å²) in [5.74, 6) is -1.14. The first kappa shape index (κ1) is 22.6. The van der Waals surface area contributed by atoms with Crippen LogP contribution in [0.3, 0.4) is 0 Å². The Morgan fingerprint density at radius 3 is 2.52 bits per heavy atom. The number of nitrogens with one attached hydrogen (secondary N) is 1. The Hall–Kier alpha value is -3.59. The lowest BCUT2D eigenvalue weighted by molar-refractivity contribution is -0.147. The number of rotatable bonds is 7. The molecule has 1 fully saturated rings. The van der Waals surface area contributed by atoms with Gasteiger partial charge in [0.05, 0.1) is 5.92 Å². The van der Waals surface area contributed by atoms with Gasteiger partial charge in [0.1, 0.15) is 0 Å². The molecule has 4 rings (SSSR count). The number of carbonyl (C=O) groups is 1. The summed E-state index contributed by atoms with van der Waals surface area (Å²) < 4.78 is 28.0. The molecule has 2 heterocycles. The third-order valence-electron chi connectivity index (χ3n) is 5.94. The SMILES string of the molecule is Cc1cc(-n2ccnc(Nc3ccccc3C(F)F)c2=O)cc(C)c1CN1CC(C(=O)O)C1. The predicted octanol–water partition coefficient (Wildman–Crippen LogP) is 4.05. The van der Waals surface area contributed by atoms with Gasteiger partial charge in [0, 0.05) is 49.0 Å². The van der Waals surface area contributed by atoms with E-state index in [1.165, 1.54) is 35.2 Å². The molecule has 0 atom stereocenters. The fraction of sp³-hybridized carbons (Fsp3) is 0.292. The van der Waals surface area contributed by atoms with Crippen LogP contribution < -0.4 is 10.9 Å². The van der Waals surface area contributed by atoms with Crippen LogP contribution in [-0.2, 0) is 11.3 Å². The Morgan fingerprint density at radius 1 is 1.21 bits per heavy atom. The molecule has 33 heavy (non-hydrogen) atoms. The van der Waals surface area contributed by atoms with Crippen molar-refractivity contribution >= 4 is 17.5 Å². The van der Waals surface area contributed by atoms with E-state index in [9.17, 15) is 18.4 Å². The van der Waals surface area contributed by atoms with Crippen LogP contribution in [0.15, 0.2) is 53.6 Å². The highest BCUT2D eigenvalue weighted by Crippen LogP contribution is 2.28. The number of anilines is 2. The number of nitrogens with zero attached hydrogens (tertiary/aromatic N) is 3. The smallest absolute Gasteiger partial charge is 0.309 e. The van der Waals surface area contributed by atoms with Gasteiger partial charge in [0.15, 0.2) is 5.82 Å². The lowest BCUT2D eigenvalue weighted by Gasteiger charge is -2.37. The molecule has 0 radical (unpaired) electrons. The molecule has 0 saturated carbocycles. The number of benzene rings is 2. The fourth-order valence-corrected chi connectivity index (χ4v) is 4.07. The van der Waals surface area contributed by atoms with E-state index < -0.39 is 18.0 Å². The second-order valence-electron chi connectivity index (χ2n) is 8.25. The van der Waals surface area contributed by atoms with Gasteiger partial charge in [-0.1, -0.05) is 18.2 Å². The maximum Gasteiger partial charge on any atom is 0.309 e. The summed E-state index contributed by atoms with van der Waals surface area (Å²) in [6.07, 6.45) is 0.293. The van der Waals surface area contributed by atoms with Gasteiger partial charge < -0.3 is 10.4 Å². The molecule has 9 heteroatoms. The van der Waals surface area contributed by atoms with Crippen molar-refractivity contribution in [2.75, 3.05) is 18.4 Å². The van der Waals surface area contributed by atoms with Gasteiger partial charge in [-0.15, -0.1) is 0 Å². The molecule has 0 spiro atoms. The number of aliphatic carboxylic acids is 1. The van der Waals surface area contributed by atoms with E-state index in [0.29, 0.717) is 25.3 Å². The van der Waals surface area contributed by atoms with E-state index >= 15 is 0 Å². The van der Waals surface area contributed by atoms with Crippen LogP contribution in [0.5, 0.6) is 0 Å². The van der Waals surface area contributed by atoms with E-state index in [2.05, 4.69) is 15.2 Å². The maximum absolute atomic E-state index is 13.3. The minimum absolute atomic E-state index is 0.0507. The number of carboxylic acids is 1. The van der Waals surface area contributed by atoms with Crippen molar-refractivity contribution in [2.24, 2.45) is 5.92 Å². The summed E-state index contributed by atoms with van der Waals surface area (Å²) in [5.41, 5.74) is 3.15. The van der Waals surface area contributed by atoms with Gasteiger partial charge in [-0.25, -0.2) is 13.8 Å². The summed E-state index contributed by atoms with van der Waals surface area (Å²) in [6, 6.07) is 9.67. The highest BCUT2D eigenvalue weighted by molar-refractivity contribution is 5.71. The molecule has 3 aromatic rings. The van der Waals surface area contributed by atoms with Crippen molar-refractivity contribution in [3.8, 4) is 5.69 Å². The summed E-state index contributed by atoms with van der Waals surface area (Å²) >= 11 is 0. The quantitative estimate of drug-likeness (QED) is 0.560. The molecule has 0 amide bonds. The number of likely N-dealkylation sites (tertiary alicyclic amines) is 1. The molecular formula is C24H24F2N4O3. The van der Waals surface area contributed by atoms with Crippen molar-refractivity contribution < 1.29 is 18.7 Å². The zero-order valence-corrected chi connectivity index (χ0v) is 18.3. The number of para-hydroxylation sites is 1. The highest BCUT2D eigenvalue weighted by atomic mass is 19.3. The molecule has 0 aliphatic carbocycles. The topological polar surface area (TPSA) is 87.5 Å². The molecule has 1 aliphatic heterocycles. The number of halogens is 2. The lowest BCUT2D eigenvalue weighted by atomic mass is 9.96. The van der Waals surface area contributed by atoms with E-state index in [4.69, 9.17) is 5.11 Å². The summed E-state index contributed by atoms with van der Waals surface area (Å²) in [7, 11) is 0. The van der Waals surface area contributed by atoms with Crippen LogP contribution in [-0.4, -0.2) is 38.6 Å². The van der Waals surface area contributed by atoms with Crippen LogP contribution in [0.4, 0.5) is 20.3 Å². The van der Waals surface area contributed by atoms with Gasteiger partial charge in [0.25, 0.3) is 12.0 Å². The first-order valence-electron chi connectivity index (χ1n) is 10.5. The van der Waals surface area contributed by atoms with Gasteiger partial charge in [-0.3, -0.25) is 19.1 Å². The third-order valence-corrected chi connectivity index (χ3v) is 5.94. The number of hydrogen-bond acceptors (Lipinski definition) is 5. The first-order valence-corrected chi connectivity index (χ1v) is 10.5. The number of aromatic nitrogens is 2. The van der Waals surface area contributed by atoms with E-state index in [1.54, 1.807) is 6.07 Å². The van der Waals surface area contributed by atoms with Crippen molar-refractivity contribution in [3.05, 3.63) is 81.4 Å². The largest absolute Gasteiger partial charge is 0.481 e. The lowest BCUT2D eigenvalue weighted by Crippen LogP contribution is -2.49. The molecule has 2 N–H and O–H groups in total. The minimum Gasteiger partial charge on any atom is -0.481 e. The predicted molar refractivity (Wildman–Crippen MR) is 120 cm³/mol. The van der Waals surface area contributed by atoms with Crippen LogP contribution >= 0.6 is 0 Å². The number of aryl methyl sites for hydroxylation is 2. The van der Waals surface area contributed by atoms with Crippen molar-refractivity contribution in [1.29, 1.82) is 0 Å². The molecule has 1 aromatic heterocycles. The normalized spacial score (nSPS) is 14.3. The molecule has 1 saturated heterocycles. The number of alkyl halides is 2. The first-order chi connectivity index (χ1) is 15.7. The molecule has 0 bridgehead atoms. The maximum atomic E-state index is 13.3. The standard InChI is InChI=1S/C24H24F2N4O3/c1-14-9-17(10-15(2)19(14)13-29-11-16(12-29)24(32)33)30-8-7-27-22(23(30)31)28-20-6-4-3-5-18(20)21(25)26/h3-10,16,21H,11-13H2,1-2H3,(H,27,28)(H,32,33). The molecule has 0 unspecified atom stereocenters. The Balaban J connectivity index is 1.60. The number of hydrogen-bond donors (Lipinski definition) is 2. The number of carboxylic acid groups (broad SMARTS) is 1. The van der Waals surface area contributed by atoms with Crippen LogP contribution in [0.2, 0.25) is 0 Å². The monoisotopic (exact) mass is 454 g/mol. The summed E-state index contributed by atoms with van der Waals surface area (Å²) in [4.78, 5) is 30.3. The Labute approximate surface area is 189 Å².